The predicted molar refractivity (Wildman–Crippen MR) is 97.8 cm³/mol. The average molecular weight is 346 g/mol. The fourth-order valence-corrected chi connectivity index (χ4v) is 3.76. The molecule has 1 fully saturated rings. The van der Waals surface area contributed by atoms with Gasteiger partial charge >= 0.3 is 0 Å². The second-order valence-electron chi connectivity index (χ2n) is 7.52. The number of amides is 1. The highest BCUT2D eigenvalue weighted by molar-refractivity contribution is 5.77. The number of hydrogen-bond acceptors (Lipinski definition) is 4. The van der Waals surface area contributed by atoms with E-state index in [9.17, 15) is 9.90 Å². The summed E-state index contributed by atoms with van der Waals surface area (Å²) >= 11 is 0. The van der Waals surface area contributed by atoms with Crippen molar-refractivity contribution in [2.24, 2.45) is 5.92 Å². The summed E-state index contributed by atoms with van der Waals surface area (Å²) in [7, 11) is 0. The summed E-state index contributed by atoms with van der Waals surface area (Å²) in [5.74, 6) is 1.89. The highest BCUT2D eigenvalue weighted by Gasteiger charge is 2.24. The van der Waals surface area contributed by atoms with Crippen LogP contribution in [0.2, 0.25) is 0 Å². The summed E-state index contributed by atoms with van der Waals surface area (Å²) in [6, 6.07) is 7.95. The Kier molecular flexibility index (Phi) is 6.32. The summed E-state index contributed by atoms with van der Waals surface area (Å²) < 4.78 is 5.65. The lowest BCUT2D eigenvalue weighted by Crippen LogP contribution is -2.43. The first-order chi connectivity index (χ1) is 12.1. The Bertz CT molecular complexity index is 570. The van der Waals surface area contributed by atoms with Gasteiger partial charge < -0.3 is 20.1 Å². The van der Waals surface area contributed by atoms with E-state index in [1.165, 1.54) is 12.8 Å². The van der Waals surface area contributed by atoms with E-state index < -0.39 is 6.10 Å². The van der Waals surface area contributed by atoms with Crippen LogP contribution in [0.3, 0.4) is 0 Å². The van der Waals surface area contributed by atoms with Crippen LogP contribution < -0.4 is 10.1 Å². The molecule has 1 aromatic rings. The minimum absolute atomic E-state index is 0.00743. The maximum Gasteiger partial charge on any atom is 0.220 e. The van der Waals surface area contributed by atoms with Crippen molar-refractivity contribution in [3.05, 3.63) is 29.8 Å². The van der Waals surface area contributed by atoms with E-state index in [2.05, 4.69) is 17.1 Å². The number of benzene rings is 1. The molecule has 138 valence electrons. The number of piperidine rings is 1. The molecule has 3 rings (SSSR count). The molecule has 0 aromatic heterocycles. The van der Waals surface area contributed by atoms with Gasteiger partial charge in [0.1, 0.15) is 5.75 Å². The molecule has 1 amide bonds. The first kappa shape index (κ1) is 18.2. The van der Waals surface area contributed by atoms with E-state index in [0.29, 0.717) is 26.1 Å². The minimum atomic E-state index is -0.501. The Morgan fingerprint density at radius 1 is 1.32 bits per heavy atom. The van der Waals surface area contributed by atoms with Gasteiger partial charge in [0.15, 0.2) is 0 Å². The van der Waals surface area contributed by atoms with Crippen molar-refractivity contribution >= 4 is 5.91 Å². The Morgan fingerprint density at radius 3 is 2.88 bits per heavy atom. The van der Waals surface area contributed by atoms with Crippen LogP contribution in [0.1, 0.15) is 44.1 Å². The molecule has 25 heavy (non-hydrogen) atoms. The highest BCUT2D eigenvalue weighted by atomic mass is 16.5. The molecular weight excluding hydrogens is 316 g/mol. The summed E-state index contributed by atoms with van der Waals surface area (Å²) in [4.78, 5) is 14.6. The largest absolute Gasteiger partial charge is 0.493 e. The lowest BCUT2D eigenvalue weighted by atomic mass is 9.90. The predicted octanol–water partition coefficient (Wildman–Crippen LogP) is 2.15. The van der Waals surface area contributed by atoms with Crippen LogP contribution >= 0.6 is 0 Å². The number of carbonyl (C=O) groups excluding carboxylic acids is 1. The number of nitrogens with zero attached hydrogens (tertiary/aromatic N) is 1. The van der Waals surface area contributed by atoms with Crippen molar-refractivity contribution in [2.45, 2.75) is 44.6 Å². The standard InChI is InChI=1S/C20H30N2O3/c1-15-6-9-22(10-7-15)14-17(23)13-21-20(24)12-16-8-11-25-19-5-3-2-4-18(16)19/h2-5,15-17,23H,6-14H2,1H3,(H,21,24). The number of likely N-dealkylation sites (tertiary alicyclic amines) is 1. The number of aliphatic hydroxyl groups is 1. The third kappa shape index (κ3) is 5.19. The van der Waals surface area contributed by atoms with Crippen molar-refractivity contribution in [3.8, 4) is 5.75 Å². The highest BCUT2D eigenvalue weighted by Crippen LogP contribution is 2.35. The summed E-state index contributed by atoms with van der Waals surface area (Å²) in [5.41, 5.74) is 1.12. The molecule has 2 N–H and O–H groups in total. The van der Waals surface area contributed by atoms with Gasteiger partial charge in [0.2, 0.25) is 5.91 Å². The smallest absolute Gasteiger partial charge is 0.220 e. The third-order valence-corrected chi connectivity index (χ3v) is 5.39. The number of ether oxygens (including phenoxy) is 1. The van der Waals surface area contributed by atoms with E-state index in [1.807, 2.05) is 24.3 Å². The van der Waals surface area contributed by atoms with Crippen molar-refractivity contribution in [1.82, 2.24) is 10.2 Å². The molecule has 0 radical (unpaired) electrons. The molecule has 2 atom stereocenters. The van der Waals surface area contributed by atoms with Gasteiger partial charge in [-0.1, -0.05) is 25.1 Å². The lowest BCUT2D eigenvalue weighted by Gasteiger charge is -2.31. The number of fused-ring (bicyclic) bond motifs is 1. The first-order valence-corrected chi connectivity index (χ1v) is 9.50. The first-order valence-electron chi connectivity index (χ1n) is 9.50. The number of rotatable bonds is 6. The quantitative estimate of drug-likeness (QED) is 0.829. The maximum absolute atomic E-state index is 12.3. The zero-order chi connectivity index (χ0) is 17.6. The van der Waals surface area contributed by atoms with Crippen LogP contribution in [-0.2, 0) is 4.79 Å². The fourth-order valence-electron chi connectivity index (χ4n) is 3.76. The summed E-state index contributed by atoms with van der Waals surface area (Å²) in [6.45, 7) is 6.01. The van der Waals surface area contributed by atoms with Crippen molar-refractivity contribution in [2.75, 3.05) is 32.8 Å². The third-order valence-electron chi connectivity index (χ3n) is 5.39. The molecule has 2 heterocycles. The number of hydrogen-bond donors (Lipinski definition) is 2. The van der Waals surface area contributed by atoms with Gasteiger partial charge in [-0.05, 0) is 55.8 Å². The van der Waals surface area contributed by atoms with E-state index in [-0.39, 0.29) is 11.8 Å². The number of carbonyl (C=O) groups is 1. The molecule has 2 aliphatic heterocycles. The molecule has 0 aliphatic carbocycles. The van der Waals surface area contributed by atoms with Crippen molar-refractivity contribution in [1.29, 1.82) is 0 Å². The van der Waals surface area contributed by atoms with Crippen molar-refractivity contribution in [3.63, 3.8) is 0 Å². The van der Waals surface area contributed by atoms with Gasteiger partial charge in [-0.2, -0.15) is 0 Å². The lowest BCUT2D eigenvalue weighted by molar-refractivity contribution is -0.122. The molecular formula is C20H30N2O3. The summed E-state index contributed by atoms with van der Waals surface area (Å²) in [5, 5.41) is 13.1. The number of aliphatic hydroxyl groups excluding tert-OH is 1. The molecule has 1 aromatic carbocycles. The van der Waals surface area contributed by atoms with Crippen LogP contribution in [0.4, 0.5) is 0 Å². The number of nitrogens with one attached hydrogen (secondary N) is 1. The molecule has 0 saturated carbocycles. The maximum atomic E-state index is 12.3. The van der Waals surface area contributed by atoms with Gasteiger partial charge in [-0.15, -0.1) is 0 Å². The van der Waals surface area contributed by atoms with Gasteiger partial charge in [0, 0.05) is 19.5 Å². The Labute approximate surface area is 150 Å². The zero-order valence-corrected chi connectivity index (χ0v) is 15.1. The topological polar surface area (TPSA) is 61.8 Å². The van der Waals surface area contributed by atoms with Gasteiger partial charge in [0.05, 0.1) is 12.7 Å². The SMILES string of the molecule is CC1CCN(CC(O)CNC(=O)CC2CCOc3ccccc32)CC1. The second kappa shape index (κ2) is 8.68. The normalized spacial score (nSPS) is 22.7. The van der Waals surface area contributed by atoms with Crippen LogP contribution in [0.25, 0.3) is 0 Å². The Balaban J connectivity index is 1.41. The van der Waals surface area contributed by atoms with Crippen LogP contribution in [0.5, 0.6) is 5.75 Å². The van der Waals surface area contributed by atoms with Gasteiger partial charge in [-0.3, -0.25) is 4.79 Å². The van der Waals surface area contributed by atoms with E-state index in [0.717, 1.165) is 36.7 Å². The molecule has 2 unspecified atom stereocenters. The summed E-state index contributed by atoms with van der Waals surface area (Å²) in [6.07, 6.45) is 3.21. The molecule has 5 nitrogen and oxygen atoms in total. The van der Waals surface area contributed by atoms with Crippen LogP contribution in [0.15, 0.2) is 24.3 Å². The van der Waals surface area contributed by atoms with E-state index in [4.69, 9.17) is 4.74 Å². The monoisotopic (exact) mass is 346 g/mol. The Hall–Kier alpha value is -1.59. The molecule has 0 spiro atoms. The van der Waals surface area contributed by atoms with Crippen LogP contribution in [0, 0.1) is 5.92 Å². The van der Waals surface area contributed by atoms with E-state index in [1.54, 1.807) is 0 Å². The molecule has 5 heteroatoms. The molecule has 2 aliphatic rings. The Morgan fingerprint density at radius 2 is 2.08 bits per heavy atom. The second-order valence-corrected chi connectivity index (χ2v) is 7.52. The number of para-hydroxylation sites is 1. The molecule has 1 saturated heterocycles. The minimum Gasteiger partial charge on any atom is -0.493 e. The van der Waals surface area contributed by atoms with Crippen LogP contribution in [-0.4, -0.2) is 54.8 Å². The van der Waals surface area contributed by atoms with Gasteiger partial charge in [-0.25, -0.2) is 0 Å². The molecule has 0 bridgehead atoms. The van der Waals surface area contributed by atoms with Crippen molar-refractivity contribution < 1.29 is 14.6 Å². The average Bonchev–Trinajstić information content (AvgIpc) is 2.62. The van der Waals surface area contributed by atoms with E-state index >= 15 is 0 Å². The zero-order valence-electron chi connectivity index (χ0n) is 15.1. The fraction of sp³-hybridized carbons (Fsp3) is 0.650. The number of β-amino-alcohol motifs (C(OH)–C–C–N with tert-alkyl or cyclic N) is 1. The van der Waals surface area contributed by atoms with Gasteiger partial charge in [0.25, 0.3) is 0 Å².